The van der Waals surface area contributed by atoms with E-state index in [1.807, 2.05) is 43.5 Å². The molecule has 7 nitrogen and oxygen atoms in total. The second kappa shape index (κ2) is 11.4. The van der Waals surface area contributed by atoms with E-state index in [-0.39, 0.29) is 0 Å². The highest BCUT2D eigenvalue weighted by atomic mass is 35.5. The normalized spacial score (nSPS) is 11.7. The van der Waals surface area contributed by atoms with Crippen LogP contribution in [0.15, 0.2) is 35.3 Å². The zero-order chi connectivity index (χ0) is 23.1. The first-order valence-corrected chi connectivity index (χ1v) is 11.7. The average molecular weight is 479 g/mol. The minimum absolute atomic E-state index is 0.349. The number of carbonyl (C=O) groups is 1. The van der Waals surface area contributed by atoms with Crippen LogP contribution in [0.25, 0.3) is 10.2 Å². The van der Waals surface area contributed by atoms with Gasteiger partial charge in [-0.25, -0.2) is 0 Å². The molecule has 0 unspecified atom stereocenters. The third-order valence-electron chi connectivity index (χ3n) is 4.52. The number of methoxy groups -OCH3 is 1. The lowest BCUT2D eigenvalue weighted by atomic mass is 10.1. The number of halogens is 1. The molecule has 0 aliphatic rings. The van der Waals surface area contributed by atoms with Crippen molar-refractivity contribution in [3.05, 3.63) is 45.7 Å². The van der Waals surface area contributed by atoms with Gasteiger partial charge in [0, 0.05) is 19.2 Å². The Kier molecular flexibility index (Phi) is 8.55. The molecule has 2 aromatic carbocycles. The number of ether oxygens (including phenoxy) is 4. The third kappa shape index (κ3) is 5.26. The molecule has 0 bridgehead atoms. The maximum Gasteiger partial charge on any atom is 0.279 e. The van der Waals surface area contributed by atoms with Crippen LogP contribution in [0.1, 0.15) is 31.1 Å². The highest BCUT2D eigenvalue weighted by Gasteiger charge is 2.19. The molecule has 0 fully saturated rings. The second-order valence-electron chi connectivity index (χ2n) is 6.63. The fourth-order valence-corrected chi connectivity index (χ4v) is 4.64. The van der Waals surface area contributed by atoms with Crippen LogP contribution in [0, 0.1) is 0 Å². The number of nitrogens with zero attached hydrogens (tertiary/aromatic N) is 2. The SMILES string of the molecule is CCOc1cc(C(=O)N=c2sc3cccc(Cl)c3n2CCOC)cc(OCC)c1OCC. The second-order valence-corrected chi connectivity index (χ2v) is 8.05. The van der Waals surface area contributed by atoms with E-state index in [9.17, 15) is 4.79 Å². The molecule has 0 saturated heterocycles. The molecule has 0 N–H and O–H groups in total. The lowest BCUT2D eigenvalue weighted by Gasteiger charge is -2.16. The first kappa shape index (κ1) is 24.1. The highest BCUT2D eigenvalue weighted by molar-refractivity contribution is 7.16. The number of fused-ring (bicyclic) bond motifs is 1. The fraction of sp³-hybridized carbons (Fsp3) is 0.391. The molecule has 0 aliphatic heterocycles. The Bertz CT molecular complexity index is 1130. The average Bonchev–Trinajstić information content (AvgIpc) is 3.12. The molecule has 0 spiro atoms. The predicted molar refractivity (Wildman–Crippen MR) is 127 cm³/mol. The van der Waals surface area contributed by atoms with Crippen molar-refractivity contribution in [1.29, 1.82) is 0 Å². The van der Waals surface area contributed by atoms with E-state index in [4.69, 9.17) is 30.5 Å². The van der Waals surface area contributed by atoms with Gasteiger partial charge in [0.2, 0.25) is 5.75 Å². The van der Waals surface area contributed by atoms with E-state index < -0.39 is 5.91 Å². The number of rotatable bonds is 10. The van der Waals surface area contributed by atoms with Gasteiger partial charge < -0.3 is 23.5 Å². The van der Waals surface area contributed by atoms with E-state index >= 15 is 0 Å². The molecule has 0 atom stereocenters. The van der Waals surface area contributed by atoms with Crippen LogP contribution < -0.4 is 19.0 Å². The topological polar surface area (TPSA) is 71.3 Å². The largest absolute Gasteiger partial charge is 0.490 e. The van der Waals surface area contributed by atoms with Crippen LogP contribution in [0.5, 0.6) is 17.2 Å². The maximum atomic E-state index is 13.2. The summed E-state index contributed by atoms with van der Waals surface area (Å²) in [7, 11) is 1.63. The quantitative estimate of drug-likeness (QED) is 0.412. The van der Waals surface area contributed by atoms with Gasteiger partial charge in [-0.2, -0.15) is 4.99 Å². The van der Waals surface area contributed by atoms with Crippen molar-refractivity contribution in [1.82, 2.24) is 4.57 Å². The molecule has 0 saturated carbocycles. The predicted octanol–water partition coefficient (Wildman–Crippen LogP) is 4.94. The standard InChI is InChI=1S/C23H27ClN2O5S/c1-5-29-17-13-15(14-18(30-6-2)21(17)31-7-3)22(27)25-23-26(11-12-28-4)20-16(24)9-8-10-19(20)32-23/h8-10,13-14H,5-7,11-12H2,1-4H3. The van der Waals surface area contributed by atoms with Gasteiger partial charge in [-0.3, -0.25) is 4.79 Å². The number of hydrogen-bond acceptors (Lipinski definition) is 6. The van der Waals surface area contributed by atoms with E-state index in [2.05, 4.69) is 4.99 Å². The fourth-order valence-electron chi connectivity index (χ4n) is 3.23. The van der Waals surface area contributed by atoms with Gasteiger partial charge in [0.15, 0.2) is 16.3 Å². The van der Waals surface area contributed by atoms with Crippen molar-refractivity contribution < 1.29 is 23.7 Å². The summed E-state index contributed by atoms with van der Waals surface area (Å²) in [5.74, 6) is 0.969. The molecular weight excluding hydrogens is 452 g/mol. The Balaban J connectivity index is 2.13. The molecule has 32 heavy (non-hydrogen) atoms. The van der Waals surface area contributed by atoms with Gasteiger partial charge in [0.1, 0.15) is 0 Å². The van der Waals surface area contributed by atoms with E-state index in [0.717, 1.165) is 10.2 Å². The van der Waals surface area contributed by atoms with Crippen LogP contribution in [-0.4, -0.2) is 44.0 Å². The van der Waals surface area contributed by atoms with Gasteiger partial charge in [0.25, 0.3) is 5.91 Å². The summed E-state index contributed by atoms with van der Waals surface area (Å²) in [4.78, 5) is 18.2. The van der Waals surface area contributed by atoms with Crippen molar-refractivity contribution >= 4 is 39.1 Å². The van der Waals surface area contributed by atoms with E-state index in [0.29, 0.717) is 65.6 Å². The van der Waals surface area contributed by atoms with Crippen LogP contribution in [-0.2, 0) is 11.3 Å². The van der Waals surface area contributed by atoms with Gasteiger partial charge >= 0.3 is 0 Å². The Labute approximate surface area is 196 Å². The van der Waals surface area contributed by atoms with Crippen molar-refractivity contribution in [2.24, 2.45) is 4.99 Å². The number of aromatic nitrogens is 1. The highest BCUT2D eigenvalue weighted by Crippen LogP contribution is 2.39. The summed E-state index contributed by atoms with van der Waals surface area (Å²) in [5, 5.41) is 0.599. The van der Waals surface area contributed by atoms with Crippen LogP contribution in [0.4, 0.5) is 0 Å². The molecule has 1 amide bonds. The number of benzene rings is 2. The summed E-state index contributed by atoms with van der Waals surface area (Å²) in [5.41, 5.74) is 1.18. The molecule has 0 radical (unpaired) electrons. The minimum Gasteiger partial charge on any atom is -0.490 e. The Hall–Kier alpha value is -2.55. The minimum atomic E-state index is -0.413. The summed E-state index contributed by atoms with van der Waals surface area (Å²) in [6, 6.07) is 8.94. The first-order chi connectivity index (χ1) is 15.5. The molecule has 1 heterocycles. The van der Waals surface area contributed by atoms with Crippen molar-refractivity contribution in [2.75, 3.05) is 33.5 Å². The smallest absolute Gasteiger partial charge is 0.279 e. The summed E-state index contributed by atoms with van der Waals surface area (Å²) < 4.78 is 25.3. The van der Waals surface area contributed by atoms with Gasteiger partial charge in [0.05, 0.1) is 41.7 Å². The number of carbonyl (C=O) groups excluding carboxylic acids is 1. The monoisotopic (exact) mass is 478 g/mol. The number of para-hydroxylation sites is 1. The van der Waals surface area contributed by atoms with Gasteiger partial charge in [-0.1, -0.05) is 29.0 Å². The molecule has 0 aliphatic carbocycles. The molecule has 3 aromatic rings. The zero-order valence-electron chi connectivity index (χ0n) is 18.6. The van der Waals surface area contributed by atoms with Crippen molar-refractivity contribution in [3.63, 3.8) is 0 Å². The van der Waals surface area contributed by atoms with Crippen molar-refractivity contribution in [3.8, 4) is 17.2 Å². The summed E-state index contributed by atoms with van der Waals surface area (Å²) in [6.07, 6.45) is 0. The zero-order valence-corrected chi connectivity index (χ0v) is 20.2. The summed E-state index contributed by atoms with van der Waals surface area (Å²) >= 11 is 7.84. The Morgan fingerprint density at radius 1 is 1.06 bits per heavy atom. The van der Waals surface area contributed by atoms with Crippen LogP contribution >= 0.6 is 22.9 Å². The Morgan fingerprint density at radius 3 is 2.31 bits per heavy atom. The lowest BCUT2D eigenvalue weighted by molar-refractivity contribution is 0.0996. The first-order valence-electron chi connectivity index (χ1n) is 10.5. The molecule has 1 aromatic heterocycles. The van der Waals surface area contributed by atoms with Crippen molar-refractivity contribution in [2.45, 2.75) is 27.3 Å². The van der Waals surface area contributed by atoms with E-state index in [1.54, 1.807) is 19.2 Å². The maximum absolute atomic E-state index is 13.2. The van der Waals surface area contributed by atoms with Crippen LogP contribution in [0.2, 0.25) is 5.02 Å². The molecule has 172 valence electrons. The molecule has 9 heteroatoms. The number of hydrogen-bond donors (Lipinski definition) is 0. The molecular formula is C23H27ClN2O5S. The Morgan fingerprint density at radius 2 is 1.72 bits per heavy atom. The third-order valence-corrected chi connectivity index (χ3v) is 5.87. The van der Waals surface area contributed by atoms with E-state index in [1.165, 1.54) is 11.3 Å². The number of thiazole rings is 1. The molecule has 3 rings (SSSR count). The lowest BCUT2D eigenvalue weighted by Crippen LogP contribution is -2.19. The van der Waals surface area contributed by atoms with Gasteiger partial charge in [-0.05, 0) is 45.0 Å². The summed E-state index contributed by atoms with van der Waals surface area (Å²) in [6.45, 7) is 7.89. The van der Waals surface area contributed by atoms with Crippen LogP contribution in [0.3, 0.4) is 0 Å². The number of amides is 1. The van der Waals surface area contributed by atoms with Gasteiger partial charge in [-0.15, -0.1) is 0 Å².